The van der Waals surface area contributed by atoms with Gasteiger partial charge in [-0.1, -0.05) is 60.7 Å². The first kappa shape index (κ1) is 25.4. The fraction of sp³-hybridized carbons (Fsp3) is 0.176. The van der Waals surface area contributed by atoms with Crippen LogP contribution >= 0.6 is 0 Å². The van der Waals surface area contributed by atoms with E-state index < -0.39 is 0 Å². The minimum absolute atomic E-state index is 0.642. The van der Waals surface area contributed by atoms with Crippen LogP contribution in [0.15, 0.2) is 97.3 Å². The number of benzene rings is 4. The molecule has 0 atom stereocenters. The van der Waals surface area contributed by atoms with Gasteiger partial charge in [0.1, 0.15) is 0 Å². The van der Waals surface area contributed by atoms with Crippen molar-refractivity contribution in [2.45, 2.75) is 13.1 Å². The van der Waals surface area contributed by atoms with E-state index in [1.54, 1.807) is 28.4 Å². The molecule has 6 nitrogen and oxygen atoms in total. The quantitative estimate of drug-likeness (QED) is 0.195. The van der Waals surface area contributed by atoms with Gasteiger partial charge >= 0.3 is 0 Å². The first-order valence-corrected chi connectivity index (χ1v) is 13.2. The van der Waals surface area contributed by atoms with Gasteiger partial charge in [-0.05, 0) is 35.4 Å². The van der Waals surface area contributed by atoms with Crippen molar-refractivity contribution in [1.82, 2.24) is 9.13 Å². The van der Waals surface area contributed by atoms with Crippen LogP contribution in [0.2, 0.25) is 0 Å². The number of nitrogens with zero attached hydrogens (tertiary/aromatic N) is 2. The van der Waals surface area contributed by atoms with Gasteiger partial charge in [0.15, 0.2) is 23.0 Å². The highest BCUT2D eigenvalue weighted by Gasteiger charge is 2.28. The van der Waals surface area contributed by atoms with Crippen LogP contribution in [-0.2, 0) is 13.1 Å². The zero-order valence-electron chi connectivity index (χ0n) is 23.2. The van der Waals surface area contributed by atoms with Crippen LogP contribution in [0.3, 0.4) is 0 Å². The highest BCUT2D eigenvalue weighted by molar-refractivity contribution is 6.10. The third-order valence-corrected chi connectivity index (χ3v) is 7.43. The lowest BCUT2D eigenvalue weighted by atomic mass is 9.96. The third-order valence-electron chi connectivity index (χ3n) is 7.43. The molecule has 6 aromatic rings. The first-order chi connectivity index (χ1) is 19.7. The van der Waals surface area contributed by atoms with Crippen LogP contribution in [0.4, 0.5) is 0 Å². The maximum Gasteiger partial charge on any atom is 0.170 e. The monoisotopic (exact) mass is 532 g/mol. The minimum atomic E-state index is 0.642. The summed E-state index contributed by atoms with van der Waals surface area (Å²) in [6.45, 7) is 1.40. The molecule has 202 valence electrons. The van der Waals surface area contributed by atoms with E-state index in [4.69, 9.17) is 18.9 Å². The van der Waals surface area contributed by atoms with Gasteiger partial charge in [0.25, 0.3) is 0 Å². The molecule has 4 aromatic carbocycles. The standard InChI is InChI=1S/C34H32N2O4/c1-37-27-19-25-15-17-35(21-23-11-7-5-8-12-23)31(25)29(33(27)39-3)30-32-26(20-28(38-2)34(30)40-4)16-18-36(32)22-24-13-9-6-10-14-24/h5-20H,21-22H2,1-4H3. The van der Waals surface area contributed by atoms with Crippen LogP contribution in [0, 0.1) is 0 Å². The topological polar surface area (TPSA) is 46.8 Å². The van der Waals surface area contributed by atoms with E-state index in [1.807, 2.05) is 24.3 Å². The van der Waals surface area contributed by atoms with Crippen LogP contribution in [0.25, 0.3) is 32.9 Å². The molecule has 0 radical (unpaired) electrons. The molecule has 40 heavy (non-hydrogen) atoms. The van der Waals surface area contributed by atoms with E-state index in [9.17, 15) is 0 Å². The van der Waals surface area contributed by atoms with Gasteiger partial charge in [0.05, 0.1) is 50.6 Å². The van der Waals surface area contributed by atoms with E-state index in [0.29, 0.717) is 36.1 Å². The van der Waals surface area contributed by atoms with E-state index >= 15 is 0 Å². The second-order valence-electron chi connectivity index (χ2n) is 9.71. The van der Waals surface area contributed by atoms with Gasteiger partial charge in [-0.3, -0.25) is 0 Å². The number of hydrogen-bond donors (Lipinski definition) is 0. The summed E-state index contributed by atoms with van der Waals surface area (Å²) < 4.78 is 28.5. The third kappa shape index (κ3) is 4.31. The number of ether oxygens (including phenoxy) is 4. The van der Waals surface area contributed by atoms with E-state index in [1.165, 1.54) is 11.1 Å². The van der Waals surface area contributed by atoms with Crippen molar-refractivity contribution in [3.63, 3.8) is 0 Å². The molecule has 0 aliphatic carbocycles. The van der Waals surface area contributed by atoms with Gasteiger partial charge in [-0.2, -0.15) is 0 Å². The summed E-state index contributed by atoms with van der Waals surface area (Å²) in [5.41, 5.74) is 6.26. The van der Waals surface area contributed by atoms with Crippen LogP contribution in [0.5, 0.6) is 23.0 Å². The Kier molecular flexibility index (Phi) is 6.83. The van der Waals surface area contributed by atoms with Gasteiger partial charge in [0.2, 0.25) is 0 Å². The largest absolute Gasteiger partial charge is 0.493 e. The molecular weight excluding hydrogens is 500 g/mol. The summed E-state index contributed by atoms with van der Waals surface area (Å²) >= 11 is 0. The van der Waals surface area contributed by atoms with Crippen molar-refractivity contribution in [1.29, 1.82) is 0 Å². The molecule has 0 spiro atoms. The lowest BCUT2D eigenvalue weighted by Crippen LogP contribution is -2.05. The molecule has 0 saturated heterocycles. The number of methoxy groups -OCH3 is 4. The van der Waals surface area contributed by atoms with Crippen molar-refractivity contribution in [3.05, 3.63) is 108 Å². The molecule has 2 heterocycles. The molecule has 6 heteroatoms. The molecule has 6 rings (SSSR count). The lowest BCUT2D eigenvalue weighted by molar-refractivity contribution is 0.353. The molecule has 0 fully saturated rings. The van der Waals surface area contributed by atoms with Gasteiger partial charge < -0.3 is 28.1 Å². The lowest BCUT2D eigenvalue weighted by Gasteiger charge is -2.22. The van der Waals surface area contributed by atoms with Crippen molar-refractivity contribution >= 4 is 21.8 Å². The fourth-order valence-electron chi connectivity index (χ4n) is 5.66. The summed E-state index contributed by atoms with van der Waals surface area (Å²) in [5, 5.41) is 2.09. The summed E-state index contributed by atoms with van der Waals surface area (Å²) in [4.78, 5) is 0. The first-order valence-electron chi connectivity index (χ1n) is 13.2. The Hall–Kier alpha value is -4.84. The summed E-state index contributed by atoms with van der Waals surface area (Å²) in [6, 6.07) is 29.2. The van der Waals surface area contributed by atoms with Gasteiger partial charge in [-0.25, -0.2) is 0 Å². The second-order valence-corrected chi connectivity index (χ2v) is 9.71. The van der Waals surface area contributed by atoms with Crippen molar-refractivity contribution in [2.75, 3.05) is 28.4 Å². The molecule has 2 aromatic heterocycles. The Bertz CT molecular complexity index is 1650. The number of fused-ring (bicyclic) bond motifs is 2. The Morgan fingerprint density at radius 2 is 0.900 bits per heavy atom. The van der Waals surface area contributed by atoms with Crippen molar-refractivity contribution in [3.8, 4) is 34.1 Å². The van der Waals surface area contributed by atoms with Gasteiger partial charge in [0, 0.05) is 36.3 Å². The molecule has 0 amide bonds. The predicted molar refractivity (Wildman–Crippen MR) is 160 cm³/mol. The fourth-order valence-corrected chi connectivity index (χ4v) is 5.66. The molecule has 0 aliphatic heterocycles. The van der Waals surface area contributed by atoms with Crippen LogP contribution in [0.1, 0.15) is 11.1 Å². The highest BCUT2D eigenvalue weighted by Crippen LogP contribution is 2.52. The Morgan fingerprint density at radius 1 is 0.500 bits per heavy atom. The molecule has 0 saturated carbocycles. The van der Waals surface area contributed by atoms with Crippen molar-refractivity contribution < 1.29 is 18.9 Å². The Balaban J connectivity index is 1.72. The minimum Gasteiger partial charge on any atom is -0.493 e. The molecule has 0 aliphatic rings. The molecular formula is C34H32N2O4. The maximum absolute atomic E-state index is 6.12. The molecule has 0 bridgehead atoms. The Morgan fingerprint density at radius 3 is 1.25 bits per heavy atom. The average molecular weight is 533 g/mol. The zero-order valence-corrected chi connectivity index (χ0v) is 23.2. The summed E-state index contributed by atoms with van der Waals surface area (Å²) in [6.07, 6.45) is 4.24. The smallest absolute Gasteiger partial charge is 0.170 e. The van der Waals surface area contributed by atoms with E-state index in [0.717, 1.165) is 32.9 Å². The van der Waals surface area contributed by atoms with Crippen LogP contribution < -0.4 is 18.9 Å². The van der Waals surface area contributed by atoms with Gasteiger partial charge in [-0.15, -0.1) is 0 Å². The zero-order chi connectivity index (χ0) is 27.6. The number of hydrogen-bond acceptors (Lipinski definition) is 4. The SMILES string of the molecule is COc1cc2ccn(Cc3ccccc3)c2c(-c2c(OC)c(OC)cc3ccn(Cc4ccccc4)c23)c1OC. The average Bonchev–Trinajstić information content (AvgIpc) is 3.59. The molecule has 0 N–H and O–H groups in total. The summed E-state index contributed by atoms with van der Waals surface area (Å²) in [7, 11) is 6.71. The van der Waals surface area contributed by atoms with Crippen LogP contribution in [-0.4, -0.2) is 37.6 Å². The van der Waals surface area contributed by atoms with E-state index in [2.05, 4.69) is 82.2 Å². The van der Waals surface area contributed by atoms with Crippen molar-refractivity contribution in [2.24, 2.45) is 0 Å². The Labute approximate surface area is 233 Å². The highest BCUT2D eigenvalue weighted by atomic mass is 16.5. The predicted octanol–water partition coefficient (Wildman–Crippen LogP) is 7.39. The molecule has 0 unspecified atom stereocenters. The summed E-state index contributed by atoms with van der Waals surface area (Å²) in [5.74, 6) is 2.59. The second kappa shape index (κ2) is 10.7. The number of aromatic nitrogens is 2. The van der Waals surface area contributed by atoms with E-state index in [-0.39, 0.29) is 0 Å². The maximum atomic E-state index is 6.12. The normalized spacial score (nSPS) is 11.2. The number of rotatable bonds is 9.